The Morgan fingerprint density at radius 1 is 1.05 bits per heavy atom. The van der Waals surface area contributed by atoms with E-state index in [1.54, 1.807) is 4.90 Å². The number of hydrogen-bond donors (Lipinski definition) is 0. The van der Waals surface area contributed by atoms with E-state index in [4.69, 9.17) is 4.74 Å². The molecular weight excluding hydrogens is 262 g/mol. The number of rotatable bonds is 1. The molecule has 1 aromatic rings. The molecule has 3 nitrogen and oxygen atoms in total. The highest BCUT2D eigenvalue weighted by atomic mass is 16.6. The molecule has 1 fully saturated rings. The molecule has 3 heteroatoms. The minimum Gasteiger partial charge on any atom is -0.444 e. The van der Waals surface area contributed by atoms with Gasteiger partial charge in [0.05, 0.1) is 0 Å². The molecule has 0 aliphatic carbocycles. The normalized spacial score (nSPS) is 16.6. The van der Waals surface area contributed by atoms with E-state index in [0.717, 1.165) is 13.1 Å². The van der Waals surface area contributed by atoms with Crippen LogP contribution in [0.1, 0.15) is 58.6 Å². The molecular formula is C18H27NO2. The first-order valence-corrected chi connectivity index (χ1v) is 7.64. The van der Waals surface area contributed by atoms with Gasteiger partial charge in [-0.3, -0.25) is 0 Å². The summed E-state index contributed by atoms with van der Waals surface area (Å²) in [5.41, 5.74) is 2.41. The van der Waals surface area contributed by atoms with Crippen molar-refractivity contribution in [3.63, 3.8) is 0 Å². The lowest BCUT2D eigenvalue weighted by atomic mass is 9.84. The Kier molecular flexibility index (Phi) is 4.05. The molecule has 0 atom stereocenters. The summed E-state index contributed by atoms with van der Waals surface area (Å²) in [6.07, 6.45) is -0.204. The van der Waals surface area contributed by atoms with Gasteiger partial charge in [-0.05, 0) is 37.3 Å². The largest absolute Gasteiger partial charge is 0.444 e. The Hall–Kier alpha value is -1.51. The second-order valence-corrected chi connectivity index (χ2v) is 7.95. The highest BCUT2D eigenvalue weighted by Crippen LogP contribution is 2.30. The van der Waals surface area contributed by atoms with Crippen molar-refractivity contribution in [2.24, 2.45) is 0 Å². The molecule has 1 saturated heterocycles. The van der Waals surface area contributed by atoms with Gasteiger partial charge < -0.3 is 9.64 Å². The fourth-order valence-corrected chi connectivity index (χ4v) is 2.42. The van der Waals surface area contributed by atoms with E-state index < -0.39 is 5.60 Å². The molecule has 0 saturated carbocycles. The molecule has 0 unspecified atom stereocenters. The second kappa shape index (κ2) is 5.36. The van der Waals surface area contributed by atoms with Gasteiger partial charge in [0.25, 0.3) is 0 Å². The zero-order valence-corrected chi connectivity index (χ0v) is 14.1. The number of hydrogen-bond acceptors (Lipinski definition) is 2. The summed E-state index contributed by atoms with van der Waals surface area (Å²) in [5.74, 6) is 0.437. The van der Waals surface area contributed by atoms with Crippen LogP contribution in [0.15, 0.2) is 24.3 Å². The van der Waals surface area contributed by atoms with Crippen LogP contribution in [-0.2, 0) is 10.2 Å². The van der Waals surface area contributed by atoms with Crippen LogP contribution in [-0.4, -0.2) is 29.7 Å². The van der Waals surface area contributed by atoms with Gasteiger partial charge in [0.1, 0.15) is 5.60 Å². The van der Waals surface area contributed by atoms with Crippen LogP contribution in [0.25, 0.3) is 0 Å². The molecule has 1 heterocycles. The predicted octanol–water partition coefficient (Wildman–Crippen LogP) is 4.32. The van der Waals surface area contributed by atoms with Gasteiger partial charge in [-0.1, -0.05) is 45.0 Å². The van der Waals surface area contributed by atoms with Crippen molar-refractivity contribution < 1.29 is 9.53 Å². The molecule has 21 heavy (non-hydrogen) atoms. The summed E-state index contributed by atoms with van der Waals surface area (Å²) in [6, 6.07) is 8.78. The first-order valence-electron chi connectivity index (χ1n) is 7.64. The van der Waals surface area contributed by atoms with Crippen LogP contribution < -0.4 is 0 Å². The SMILES string of the molecule is CC(C)(C)OC(=O)N1CC(c2ccc(C(C)(C)C)cc2)C1. The Labute approximate surface area is 128 Å². The van der Waals surface area contributed by atoms with Crippen LogP contribution >= 0.6 is 0 Å². The number of likely N-dealkylation sites (tertiary alicyclic amines) is 1. The molecule has 0 radical (unpaired) electrons. The lowest BCUT2D eigenvalue weighted by Crippen LogP contribution is -2.50. The molecule has 0 bridgehead atoms. The van der Waals surface area contributed by atoms with Gasteiger partial charge in [-0.2, -0.15) is 0 Å². The molecule has 0 N–H and O–H groups in total. The van der Waals surface area contributed by atoms with Crippen molar-refractivity contribution in [3.05, 3.63) is 35.4 Å². The summed E-state index contributed by atoms with van der Waals surface area (Å²) in [5, 5.41) is 0. The zero-order chi connectivity index (χ0) is 15.8. The van der Waals surface area contributed by atoms with Crippen molar-refractivity contribution in [2.75, 3.05) is 13.1 Å². The Morgan fingerprint density at radius 2 is 1.57 bits per heavy atom. The standard InChI is InChI=1S/C18H27NO2/c1-17(2,3)15-9-7-13(8-10-15)14-11-19(12-14)16(20)21-18(4,5)6/h7-10,14H,11-12H2,1-6H3. The lowest BCUT2D eigenvalue weighted by Gasteiger charge is -2.40. The van der Waals surface area contributed by atoms with Crippen LogP contribution in [0, 0.1) is 0 Å². The minimum absolute atomic E-state index is 0.181. The number of nitrogens with zero attached hydrogens (tertiary/aromatic N) is 1. The van der Waals surface area contributed by atoms with E-state index in [-0.39, 0.29) is 11.5 Å². The van der Waals surface area contributed by atoms with Crippen molar-refractivity contribution in [1.29, 1.82) is 0 Å². The Morgan fingerprint density at radius 3 is 2.00 bits per heavy atom. The predicted molar refractivity (Wildman–Crippen MR) is 85.7 cm³/mol. The van der Waals surface area contributed by atoms with E-state index >= 15 is 0 Å². The Bertz CT molecular complexity index is 500. The smallest absolute Gasteiger partial charge is 0.410 e. The molecule has 1 aromatic carbocycles. The molecule has 0 aromatic heterocycles. The third kappa shape index (κ3) is 3.99. The van der Waals surface area contributed by atoms with Gasteiger partial charge >= 0.3 is 6.09 Å². The molecule has 2 rings (SSSR count). The third-order valence-corrected chi connectivity index (χ3v) is 3.78. The van der Waals surface area contributed by atoms with Crippen LogP contribution in [0.4, 0.5) is 4.79 Å². The highest BCUT2D eigenvalue weighted by Gasteiger charge is 2.34. The topological polar surface area (TPSA) is 29.5 Å². The maximum Gasteiger partial charge on any atom is 0.410 e. The fraction of sp³-hybridized carbons (Fsp3) is 0.611. The first kappa shape index (κ1) is 15.9. The monoisotopic (exact) mass is 289 g/mol. The summed E-state index contributed by atoms with van der Waals surface area (Å²) in [7, 11) is 0. The van der Waals surface area contributed by atoms with E-state index in [1.165, 1.54) is 11.1 Å². The van der Waals surface area contributed by atoms with E-state index in [0.29, 0.717) is 5.92 Å². The van der Waals surface area contributed by atoms with Gasteiger partial charge in [0.15, 0.2) is 0 Å². The summed E-state index contributed by atoms with van der Waals surface area (Å²) in [4.78, 5) is 13.7. The summed E-state index contributed by atoms with van der Waals surface area (Å²) in [6.45, 7) is 13.8. The van der Waals surface area contributed by atoms with Gasteiger partial charge in [-0.15, -0.1) is 0 Å². The van der Waals surface area contributed by atoms with Crippen LogP contribution in [0.5, 0.6) is 0 Å². The van der Waals surface area contributed by atoms with Crippen LogP contribution in [0.3, 0.4) is 0 Å². The number of carbonyl (C=O) groups excluding carboxylic acids is 1. The number of benzene rings is 1. The van der Waals surface area contributed by atoms with Crippen molar-refractivity contribution in [3.8, 4) is 0 Å². The molecule has 1 aliphatic rings. The second-order valence-electron chi connectivity index (χ2n) is 7.95. The van der Waals surface area contributed by atoms with Gasteiger partial charge in [-0.25, -0.2) is 4.79 Å². The van der Waals surface area contributed by atoms with Crippen molar-refractivity contribution in [1.82, 2.24) is 4.90 Å². The summed E-state index contributed by atoms with van der Waals surface area (Å²) < 4.78 is 5.38. The Balaban J connectivity index is 1.91. The van der Waals surface area contributed by atoms with Crippen molar-refractivity contribution >= 4 is 6.09 Å². The van der Waals surface area contributed by atoms with E-state index in [2.05, 4.69) is 45.0 Å². The highest BCUT2D eigenvalue weighted by molar-refractivity contribution is 5.69. The molecule has 116 valence electrons. The average molecular weight is 289 g/mol. The average Bonchev–Trinajstić information content (AvgIpc) is 2.23. The number of carbonyl (C=O) groups is 1. The zero-order valence-electron chi connectivity index (χ0n) is 14.1. The summed E-state index contributed by atoms with van der Waals surface area (Å²) >= 11 is 0. The molecule has 1 aliphatic heterocycles. The van der Waals surface area contributed by atoms with E-state index in [1.807, 2.05) is 20.8 Å². The van der Waals surface area contributed by atoms with E-state index in [9.17, 15) is 4.79 Å². The van der Waals surface area contributed by atoms with Crippen LogP contribution in [0.2, 0.25) is 0 Å². The van der Waals surface area contributed by atoms with Gasteiger partial charge in [0, 0.05) is 19.0 Å². The quantitative estimate of drug-likeness (QED) is 0.770. The fourth-order valence-electron chi connectivity index (χ4n) is 2.42. The minimum atomic E-state index is -0.420. The molecule has 0 spiro atoms. The number of amides is 1. The maximum absolute atomic E-state index is 11.9. The van der Waals surface area contributed by atoms with Gasteiger partial charge in [0.2, 0.25) is 0 Å². The molecule has 1 amide bonds. The van der Waals surface area contributed by atoms with Crippen molar-refractivity contribution in [2.45, 2.75) is 58.5 Å². The third-order valence-electron chi connectivity index (χ3n) is 3.78. The number of ether oxygens (including phenoxy) is 1. The maximum atomic E-state index is 11.9. The lowest BCUT2D eigenvalue weighted by molar-refractivity contribution is 0.00819. The first-order chi connectivity index (χ1) is 9.56.